The molecular formula is C16H16Cl2N6O2S. The summed E-state index contributed by atoms with van der Waals surface area (Å²) in [5, 5.41) is 29.9. The molecule has 0 spiro atoms. The standard InChI is InChI=1S/C16H16Cl2N6O2S/c1-8-12(13(25)19-15-22-21-14(27-15)16(2,3)26)20-23-24(8)7-9-4-5-10(17)11(18)6-9/h4-6,26H,7H2,1-3H3,(H,19,22,25). The molecule has 0 fully saturated rings. The summed E-state index contributed by atoms with van der Waals surface area (Å²) in [5.41, 5.74) is 0.517. The van der Waals surface area contributed by atoms with E-state index < -0.39 is 11.5 Å². The average Bonchev–Trinajstić information content (AvgIpc) is 3.18. The van der Waals surface area contributed by atoms with Gasteiger partial charge in [-0.05, 0) is 38.5 Å². The van der Waals surface area contributed by atoms with Gasteiger partial charge in [-0.15, -0.1) is 15.3 Å². The minimum atomic E-state index is -1.13. The van der Waals surface area contributed by atoms with Gasteiger partial charge in [-0.2, -0.15) is 0 Å². The number of halogens is 2. The van der Waals surface area contributed by atoms with Crippen LogP contribution in [0.15, 0.2) is 18.2 Å². The van der Waals surface area contributed by atoms with Crippen LogP contribution < -0.4 is 5.32 Å². The van der Waals surface area contributed by atoms with Crippen molar-refractivity contribution in [3.8, 4) is 0 Å². The van der Waals surface area contributed by atoms with E-state index in [2.05, 4.69) is 25.8 Å². The number of hydrogen-bond donors (Lipinski definition) is 2. The molecule has 0 aliphatic heterocycles. The van der Waals surface area contributed by atoms with Crippen molar-refractivity contribution in [2.75, 3.05) is 5.32 Å². The summed E-state index contributed by atoms with van der Waals surface area (Å²) >= 11 is 13.0. The van der Waals surface area contributed by atoms with Gasteiger partial charge in [0.05, 0.1) is 22.3 Å². The van der Waals surface area contributed by atoms with Crippen LogP contribution >= 0.6 is 34.5 Å². The first-order chi connectivity index (χ1) is 12.6. The lowest BCUT2D eigenvalue weighted by Gasteiger charge is -2.11. The Balaban J connectivity index is 1.75. The summed E-state index contributed by atoms with van der Waals surface area (Å²) < 4.78 is 1.59. The molecule has 0 aliphatic rings. The predicted molar refractivity (Wildman–Crippen MR) is 103 cm³/mol. The van der Waals surface area contributed by atoms with Crippen LogP contribution in [0.5, 0.6) is 0 Å². The maximum atomic E-state index is 12.5. The van der Waals surface area contributed by atoms with Crippen molar-refractivity contribution in [3.05, 3.63) is 50.2 Å². The van der Waals surface area contributed by atoms with Crippen molar-refractivity contribution in [1.82, 2.24) is 25.2 Å². The SMILES string of the molecule is Cc1c(C(=O)Nc2nnc(C(C)(C)O)s2)nnn1Cc1ccc(Cl)c(Cl)c1. The molecule has 0 saturated heterocycles. The molecule has 0 unspecified atom stereocenters. The Morgan fingerprint density at radius 2 is 2.00 bits per heavy atom. The van der Waals surface area contributed by atoms with Crippen molar-refractivity contribution in [2.45, 2.75) is 32.9 Å². The first-order valence-corrected chi connectivity index (χ1v) is 9.44. The van der Waals surface area contributed by atoms with Gasteiger partial charge < -0.3 is 5.11 Å². The second kappa shape index (κ2) is 7.51. The molecule has 2 aromatic heterocycles. The Labute approximate surface area is 169 Å². The molecular weight excluding hydrogens is 411 g/mol. The van der Waals surface area contributed by atoms with E-state index in [0.717, 1.165) is 16.9 Å². The topological polar surface area (TPSA) is 106 Å². The van der Waals surface area contributed by atoms with E-state index in [0.29, 0.717) is 27.3 Å². The van der Waals surface area contributed by atoms with E-state index in [1.54, 1.807) is 37.6 Å². The van der Waals surface area contributed by atoms with Gasteiger partial charge in [0, 0.05) is 0 Å². The van der Waals surface area contributed by atoms with Gasteiger partial charge in [0.25, 0.3) is 5.91 Å². The Hall–Kier alpha value is -2.07. The molecule has 0 atom stereocenters. The van der Waals surface area contributed by atoms with Crippen molar-refractivity contribution in [2.24, 2.45) is 0 Å². The number of aromatic nitrogens is 5. The van der Waals surface area contributed by atoms with E-state index in [9.17, 15) is 9.90 Å². The largest absolute Gasteiger partial charge is 0.383 e. The molecule has 2 heterocycles. The van der Waals surface area contributed by atoms with E-state index in [1.165, 1.54) is 0 Å². The maximum Gasteiger partial charge on any atom is 0.279 e. The Morgan fingerprint density at radius 3 is 2.63 bits per heavy atom. The normalized spacial score (nSPS) is 11.6. The van der Waals surface area contributed by atoms with Gasteiger partial charge in [-0.3, -0.25) is 10.1 Å². The van der Waals surface area contributed by atoms with Crippen molar-refractivity contribution < 1.29 is 9.90 Å². The van der Waals surface area contributed by atoms with Gasteiger partial charge in [-0.25, -0.2) is 4.68 Å². The lowest BCUT2D eigenvalue weighted by atomic mass is 10.2. The van der Waals surface area contributed by atoms with Crippen LogP contribution in [0, 0.1) is 6.92 Å². The number of carbonyl (C=O) groups excluding carboxylic acids is 1. The second-order valence-electron chi connectivity index (χ2n) is 6.36. The highest BCUT2D eigenvalue weighted by molar-refractivity contribution is 7.15. The summed E-state index contributed by atoms with van der Waals surface area (Å²) in [6.45, 7) is 5.33. The van der Waals surface area contributed by atoms with Crippen LogP contribution in [0.1, 0.15) is 40.6 Å². The van der Waals surface area contributed by atoms with E-state index in [4.69, 9.17) is 23.2 Å². The Bertz CT molecular complexity index is 995. The third-order valence-electron chi connectivity index (χ3n) is 3.68. The highest BCUT2D eigenvalue weighted by atomic mass is 35.5. The number of rotatable bonds is 5. The van der Waals surface area contributed by atoms with Gasteiger partial charge in [0.1, 0.15) is 10.6 Å². The minimum absolute atomic E-state index is 0.176. The smallest absolute Gasteiger partial charge is 0.279 e. The fourth-order valence-corrected chi connectivity index (χ4v) is 3.27. The molecule has 11 heteroatoms. The van der Waals surface area contributed by atoms with Crippen molar-refractivity contribution in [1.29, 1.82) is 0 Å². The molecule has 8 nitrogen and oxygen atoms in total. The van der Waals surface area contributed by atoms with E-state index in [-0.39, 0.29) is 10.8 Å². The molecule has 0 saturated carbocycles. The zero-order valence-corrected chi connectivity index (χ0v) is 17.0. The molecule has 0 bridgehead atoms. The van der Waals surface area contributed by atoms with Crippen LogP contribution in [0.25, 0.3) is 0 Å². The number of benzene rings is 1. The maximum absolute atomic E-state index is 12.5. The molecule has 1 aromatic carbocycles. The summed E-state index contributed by atoms with van der Waals surface area (Å²) in [7, 11) is 0. The lowest BCUT2D eigenvalue weighted by molar-refractivity contribution is 0.0775. The Morgan fingerprint density at radius 1 is 1.26 bits per heavy atom. The summed E-state index contributed by atoms with van der Waals surface area (Å²) in [4.78, 5) is 12.5. The van der Waals surface area contributed by atoms with Crippen LogP contribution in [0.4, 0.5) is 5.13 Å². The molecule has 27 heavy (non-hydrogen) atoms. The van der Waals surface area contributed by atoms with Gasteiger partial charge in [-0.1, -0.05) is 45.8 Å². The molecule has 0 aliphatic carbocycles. The molecule has 3 rings (SSSR count). The zero-order chi connectivity index (χ0) is 19.8. The lowest BCUT2D eigenvalue weighted by Crippen LogP contribution is -2.15. The van der Waals surface area contributed by atoms with E-state index in [1.807, 2.05) is 6.07 Å². The quantitative estimate of drug-likeness (QED) is 0.648. The van der Waals surface area contributed by atoms with E-state index >= 15 is 0 Å². The zero-order valence-electron chi connectivity index (χ0n) is 14.7. The Kier molecular flexibility index (Phi) is 5.48. The van der Waals surface area contributed by atoms with Crippen LogP contribution in [0.2, 0.25) is 10.0 Å². The van der Waals surface area contributed by atoms with Gasteiger partial charge >= 0.3 is 0 Å². The number of carbonyl (C=O) groups is 1. The summed E-state index contributed by atoms with van der Waals surface area (Å²) in [6.07, 6.45) is 0. The molecule has 0 radical (unpaired) electrons. The van der Waals surface area contributed by atoms with Crippen molar-refractivity contribution in [3.63, 3.8) is 0 Å². The van der Waals surface area contributed by atoms with Gasteiger partial charge in [0.15, 0.2) is 5.69 Å². The molecule has 2 N–H and O–H groups in total. The minimum Gasteiger partial charge on any atom is -0.383 e. The third kappa shape index (κ3) is 4.44. The molecule has 142 valence electrons. The highest BCUT2D eigenvalue weighted by Crippen LogP contribution is 2.26. The first-order valence-electron chi connectivity index (χ1n) is 7.87. The molecule has 1 amide bonds. The predicted octanol–water partition coefficient (Wildman–Crippen LogP) is 3.27. The fourth-order valence-electron chi connectivity index (χ4n) is 2.21. The number of anilines is 1. The number of amides is 1. The van der Waals surface area contributed by atoms with Crippen LogP contribution in [-0.2, 0) is 12.1 Å². The average molecular weight is 427 g/mol. The van der Waals surface area contributed by atoms with Crippen molar-refractivity contribution >= 4 is 45.6 Å². The van der Waals surface area contributed by atoms with Crippen LogP contribution in [0.3, 0.4) is 0 Å². The summed E-state index contributed by atoms with van der Waals surface area (Å²) in [6, 6.07) is 5.27. The fraction of sp³-hybridized carbons (Fsp3) is 0.312. The number of hydrogen-bond acceptors (Lipinski definition) is 7. The van der Waals surface area contributed by atoms with Gasteiger partial charge in [0.2, 0.25) is 5.13 Å². The number of aliphatic hydroxyl groups is 1. The monoisotopic (exact) mass is 426 g/mol. The van der Waals surface area contributed by atoms with Crippen LogP contribution in [-0.4, -0.2) is 36.2 Å². The second-order valence-corrected chi connectivity index (χ2v) is 8.15. The molecule has 3 aromatic rings. The number of nitrogens with one attached hydrogen (secondary N) is 1. The highest BCUT2D eigenvalue weighted by Gasteiger charge is 2.23. The first kappa shape index (κ1) is 19.7. The third-order valence-corrected chi connectivity index (χ3v) is 5.57. The summed E-state index contributed by atoms with van der Waals surface area (Å²) in [5.74, 6) is -0.452. The number of nitrogens with zero attached hydrogens (tertiary/aromatic N) is 5.